The second-order valence-electron chi connectivity index (χ2n) is 3.73. The van der Waals surface area contributed by atoms with Gasteiger partial charge in [0, 0.05) is 53.7 Å². The lowest BCUT2D eigenvalue weighted by Gasteiger charge is -2.10. The zero-order valence-corrected chi connectivity index (χ0v) is 10.4. The van der Waals surface area contributed by atoms with E-state index >= 15 is 0 Å². The van der Waals surface area contributed by atoms with Crippen LogP contribution in [0.4, 0.5) is 0 Å². The van der Waals surface area contributed by atoms with E-state index in [1.54, 1.807) is 6.26 Å². The van der Waals surface area contributed by atoms with Crippen molar-refractivity contribution in [3.8, 4) is 0 Å². The minimum absolute atomic E-state index is 0.279. The highest BCUT2D eigenvalue weighted by atomic mass is 32.2. The van der Waals surface area contributed by atoms with Crippen LogP contribution in [0.2, 0.25) is 0 Å². The number of aromatic nitrogens is 2. The van der Waals surface area contributed by atoms with E-state index in [0.717, 1.165) is 13.1 Å². The normalized spacial score (nSPS) is 15.1. The molecule has 2 unspecified atom stereocenters. The molecule has 0 amide bonds. The molecule has 1 N–H and O–H groups in total. The topological polar surface area (TPSA) is 46.9 Å². The Morgan fingerprint density at radius 3 is 2.93 bits per heavy atom. The molecule has 0 bridgehead atoms. The number of rotatable bonds is 6. The largest absolute Gasteiger partial charge is 0.309 e. The SMILES string of the molecule is CCn1cc(CNC(C)CS(C)=O)cn1. The lowest BCUT2D eigenvalue weighted by atomic mass is 10.3. The quantitative estimate of drug-likeness (QED) is 0.783. The molecular formula is C10H19N3OS. The average molecular weight is 229 g/mol. The third-order valence-corrected chi connectivity index (χ3v) is 3.12. The van der Waals surface area contributed by atoms with E-state index in [9.17, 15) is 4.21 Å². The van der Waals surface area contributed by atoms with Crippen molar-refractivity contribution in [2.75, 3.05) is 12.0 Å². The van der Waals surface area contributed by atoms with Crippen molar-refractivity contribution in [2.24, 2.45) is 0 Å². The van der Waals surface area contributed by atoms with Crippen LogP contribution >= 0.6 is 0 Å². The van der Waals surface area contributed by atoms with Crippen LogP contribution in [-0.2, 0) is 23.9 Å². The van der Waals surface area contributed by atoms with Gasteiger partial charge in [0.25, 0.3) is 0 Å². The minimum atomic E-state index is -0.733. The monoisotopic (exact) mass is 229 g/mol. The summed E-state index contributed by atoms with van der Waals surface area (Å²) in [5, 5.41) is 7.51. The van der Waals surface area contributed by atoms with Crippen molar-refractivity contribution in [1.29, 1.82) is 0 Å². The lowest BCUT2D eigenvalue weighted by Crippen LogP contribution is -2.30. The maximum Gasteiger partial charge on any atom is 0.0534 e. The molecule has 0 saturated heterocycles. The molecule has 15 heavy (non-hydrogen) atoms. The maximum atomic E-state index is 11.0. The number of hydrogen-bond donors (Lipinski definition) is 1. The summed E-state index contributed by atoms with van der Waals surface area (Å²) >= 11 is 0. The van der Waals surface area contributed by atoms with Gasteiger partial charge in [0.2, 0.25) is 0 Å². The molecule has 0 fully saturated rings. The van der Waals surface area contributed by atoms with Gasteiger partial charge in [-0.05, 0) is 13.8 Å². The highest BCUT2D eigenvalue weighted by Crippen LogP contribution is 1.98. The van der Waals surface area contributed by atoms with E-state index in [4.69, 9.17) is 0 Å². The van der Waals surface area contributed by atoms with E-state index in [2.05, 4.69) is 17.3 Å². The van der Waals surface area contributed by atoms with Crippen LogP contribution in [0.25, 0.3) is 0 Å². The average Bonchev–Trinajstić information content (AvgIpc) is 2.61. The van der Waals surface area contributed by atoms with E-state index in [0.29, 0.717) is 5.75 Å². The Kier molecular flexibility index (Phi) is 4.98. The van der Waals surface area contributed by atoms with Gasteiger partial charge in [0.05, 0.1) is 6.20 Å². The molecule has 0 aliphatic rings. The molecule has 0 aromatic carbocycles. The number of nitrogens with zero attached hydrogens (tertiary/aromatic N) is 2. The predicted octanol–water partition coefficient (Wildman–Crippen LogP) is 0.760. The molecule has 1 aromatic rings. The molecule has 1 rings (SSSR count). The molecule has 5 heteroatoms. The molecule has 0 saturated carbocycles. The summed E-state index contributed by atoms with van der Waals surface area (Å²) < 4.78 is 12.9. The van der Waals surface area contributed by atoms with Gasteiger partial charge in [0.15, 0.2) is 0 Å². The van der Waals surface area contributed by atoms with E-state index < -0.39 is 10.8 Å². The molecule has 0 aliphatic heterocycles. The van der Waals surface area contributed by atoms with Gasteiger partial charge >= 0.3 is 0 Å². The molecule has 1 aromatic heterocycles. The maximum absolute atomic E-state index is 11.0. The van der Waals surface area contributed by atoms with Crippen LogP contribution in [0.3, 0.4) is 0 Å². The van der Waals surface area contributed by atoms with Gasteiger partial charge in [-0.3, -0.25) is 8.89 Å². The first-order chi connectivity index (χ1) is 7.11. The Hall–Kier alpha value is -0.680. The highest BCUT2D eigenvalue weighted by molar-refractivity contribution is 7.84. The van der Waals surface area contributed by atoms with E-state index in [1.165, 1.54) is 5.56 Å². The fourth-order valence-electron chi connectivity index (χ4n) is 1.37. The Labute approximate surface area is 93.5 Å². The highest BCUT2D eigenvalue weighted by Gasteiger charge is 2.04. The van der Waals surface area contributed by atoms with Gasteiger partial charge < -0.3 is 5.32 Å². The fraction of sp³-hybridized carbons (Fsp3) is 0.700. The van der Waals surface area contributed by atoms with Crippen LogP contribution < -0.4 is 5.32 Å². The van der Waals surface area contributed by atoms with E-state index in [-0.39, 0.29) is 6.04 Å². The molecule has 0 spiro atoms. The first-order valence-electron chi connectivity index (χ1n) is 5.16. The summed E-state index contributed by atoms with van der Waals surface area (Å²) in [4.78, 5) is 0. The third-order valence-electron chi connectivity index (χ3n) is 2.15. The Morgan fingerprint density at radius 2 is 2.40 bits per heavy atom. The predicted molar refractivity (Wildman–Crippen MR) is 63.1 cm³/mol. The van der Waals surface area contributed by atoms with Crippen LogP contribution in [0, 0.1) is 0 Å². The van der Waals surface area contributed by atoms with Gasteiger partial charge in [-0.2, -0.15) is 5.10 Å². The molecule has 86 valence electrons. The standard InChI is InChI=1S/C10H19N3OS/c1-4-13-7-10(6-12-13)5-11-9(2)8-15(3)14/h6-7,9,11H,4-5,8H2,1-3H3. The van der Waals surface area contributed by atoms with E-state index in [1.807, 2.05) is 24.0 Å². The van der Waals surface area contributed by atoms with Crippen molar-refractivity contribution in [3.63, 3.8) is 0 Å². The molecule has 0 aliphatic carbocycles. The number of nitrogens with one attached hydrogen (secondary N) is 1. The molecule has 0 radical (unpaired) electrons. The zero-order valence-electron chi connectivity index (χ0n) is 9.56. The van der Waals surface area contributed by atoms with Gasteiger partial charge in [0.1, 0.15) is 0 Å². The first-order valence-corrected chi connectivity index (χ1v) is 6.89. The van der Waals surface area contributed by atoms with Crippen LogP contribution in [0.1, 0.15) is 19.4 Å². The number of hydrogen-bond acceptors (Lipinski definition) is 3. The van der Waals surface area contributed by atoms with Gasteiger partial charge in [-0.15, -0.1) is 0 Å². The molecule has 1 heterocycles. The van der Waals surface area contributed by atoms with Crippen LogP contribution in [-0.4, -0.2) is 32.0 Å². The summed E-state index contributed by atoms with van der Waals surface area (Å²) in [7, 11) is -0.733. The van der Waals surface area contributed by atoms with Crippen molar-refractivity contribution in [2.45, 2.75) is 33.0 Å². The smallest absolute Gasteiger partial charge is 0.0534 e. The zero-order chi connectivity index (χ0) is 11.3. The first kappa shape index (κ1) is 12.4. The summed E-state index contributed by atoms with van der Waals surface area (Å²) in [6, 6.07) is 0.279. The second kappa shape index (κ2) is 6.02. The summed E-state index contributed by atoms with van der Waals surface area (Å²) in [5.74, 6) is 0.696. The summed E-state index contributed by atoms with van der Waals surface area (Å²) in [5.41, 5.74) is 1.17. The number of aryl methyl sites for hydroxylation is 1. The van der Waals surface area contributed by atoms with Crippen molar-refractivity contribution in [1.82, 2.24) is 15.1 Å². The third kappa shape index (κ3) is 4.57. The summed E-state index contributed by atoms with van der Waals surface area (Å²) in [6.45, 7) is 5.80. The van der Waals surface area contributed by atoms with Crippen molar-refractivity contribution in [3.05, 3.63) is 18.0 Å². The van der Waals surface area contributed by atoms with Crippen LogP contribution in [0.5, 0.6) is 0 Å². The Bertz CT molecular complexity index is 324. The summed E-state index contributed by atoms with van der Waals surface area (Å²) in [6.07, 6.45) is 5.63. The fourth-order valence-corrected chi connectivity index (χ4v) is 2.20. The molecule has 4 nitrogen and oxygen atoms in total. The molecular weight excluding hydrogens is 210 g/mol. The second-order valence-corrected chi connectivity index (χ2v) is 5.21. The van der Waals surface area contributed by atoms with Crippen molar-refractivity contribution < 1.29 is 4.21 Å². The lowest BCUT2D eigenvalue weighted by molar-refractivity contribution is 0.586. The van der Waals surface area contributed by atoms with Crippen molar-refractivity contribution >= 4 is 10.8 Å². The molecule has 2 atom stereocenters. The minimum Gasteiger partial charge on any atom is -0.309 e. The van der Waals surface area contributed by atoms with Crippen LogP contribution in [0.15, 0.2) is 12.4 Å². The Morgan fingerprint density at radius 1 is 1.67 bits per heavy atom. The Balaban J connectivity index is 2.33. The van der Waals surface area contributed by atoms with Gasteiger partial charge in [-0.25, -0.2) is 0 Å². The van der Waals surface area contributed by atoms with Gasteiger partial charge in [-0.1, -0.05) is 0 Å².